The fourth-order valence-corrected chi connectivity index (χ4v) is 1.98. The number of halogens is 1. The largest absolute Gasteiger partial charge is 0.491 e. The van der Waals surface area contributed by atoms with E-state index >= 15 is 0 Å². The summed E-state index contributed by atoms with van der Waals surface area (Å²) in [5.41, 5.74) is 0.168. The third kappa shape index (κ3) is 1.72. The molecule has 0 fully saturated rings. The summed E-state index contributed by atoms with van der Waals surface area (Å²) < 4.78 is 5.71. The summed E-state index contributed by atoms with van der Waals surface area (Å²) in [7, 11) is 0. The van der Waals surface area contributed by atoms with Gasteiger partial charge in [-0.05, 0) is 15.9 Å². The topological polar surface area (TPSA) is 69.4 Å². The number of Topliss-reactive ketones (excluding diaryl/α,β-unsaturated/α-hetero) is 1. The Morgan fingerprint density at radius 2 is 2.20 bits per heavy atom. The molecule has 6 heteroatoms. The first kappa shape index (κ1) is 10.1. The molecule has 0 atom stereocenters. The van der Waals surface area contributed by atoms with Crippen LogP contribution in [0.2, 0.25) is 0 Å². The van der Waals surface area contributed by atoms with Gasteiger partial charge in [0.2, 0.25) is 0 Å². The molecular formula is C9H6BrNO4. The van der Waals surface area contributed by atoms with Crippen LogP contribution >= 0.6 is 15.9 Å². The summed E-state index contributed by atoms with van der Waals surface area (Å²) in [6.07, 6.45) is 0.264. The van der Waals surface area contributed by atoms with Gasteiger partial charge in [-0.2, -0.15) is 0 Å². The van der Waals surface area contributed by atoms with Crippen molar-refractivity contribution < 1.29 is 14.5 Å². The van der Waals surface area contributed by atoms with Gasteiger partial charge in [0.15, 0.2) is 5.78 Å². The Morgan fingerprint density at radius 1 is 1.47 bits per heavy atom. The average Bonchev–Trinajstić information content (AvgIpc) is 2.19. The van der Waals surface area contributed by atoms with Crippen LogP contribution in [0.4, 0.5) is 5.69 Å². The molecule has 0 amide bonds. The third-order valence-corrected chi connectivity index (χ3v) is 2.70. The van der Waals surface area contributed by atoms with Crippen molar-refractivity contribution in [1.29, 1.82) is 0 Å². The average molecular weight is 272 g/mol. The van der Waals surface area contributed by atoms with E-state index in [2.05, 4.69) is 15.9 Å². The Hall–Kier alpha value is -1.43. The van der Waals surface area contributed by atoms with Gasteiger partial charge in [-0.3, -0.25) is 14.9 Å². The minimum absolute atomic E-state index is 0.112. The van der Waals surface area contributed by atoms with Crippen molar-refractivity contribution in [3.05, 3.63) is 32.3 Å². The number of hydrogen-bond donors (Lipinski definition) is 0. The molecule has 0 aromatic heterocycles. The number of carbonyl (C=O) groups is 1. The Kier molecular flexibility index (Phi) is 2.44. The van der Waals surface area contributed by atoms with E-state index in [1.807, 2.05) is 0 Å². The molecule has 1 aliphatic rings. The van der Waals surface area contributed by atoms with E-state index in [1.165, 1.54) is 12.1 Å². The summed E-state index contributed by atoms with van der Waals surface area (Å²) in [5.74, 6) is 0.275. The number of ether oxygens (including phenoxy) is 1. The fourth-order valence-electron chi connectivity index (χ4n) is 1.42. The van der Waals surface area contributed by atoms with E-state index in [-0.39, 0.29) is 23.5 Å². The smallest absolute Gasteiger partial charge is 0.271 e. The molecule has 2 rings (SSSR count). The number of non-ortho nitro benzene ring substituents is 1. The summed E-state index contributed by atoms with van der Waals surface area (Å²) in [6.45, 7) is 0.322. The second-order valence-electron chi connectivity index (χ2n) is 3.08. The molecule has 0 N–H and O–H groups in total. The molecule has 0 radical (unpaired) electrons. The van der Waals surface area contributed by atoms with E-state index < -0.39 is 4.92 Å². The number of hydrogen-bond acceptors (Lipinski definition) is 4. The zero-order chi connectivity index (χ0) is 11.0. The molecule has 0 unspecified atom stereocenters. The van der Waals surface area contributed by atoms with Crippen LogP contribution < -0.4 is 4.74 Å². The standard InChI is InChI=1S/C9H6BrNO4/c10-7-4-5(11(13)14)3-6-8(12)1-2-15-9(6)7/h3-4H,1-2H2. The van der Waals surface area contributed by atoms with Crippen molar-refractivity contribution in [2.75, 3.05) is 6.61 Å². The highest BCUT2D eigenvalue weighted by molar-refractivity contribution is 9.10. The second-order valence-corrected chi connectivity index (χ2v) is 3.94. The van der Waals surface area contributed by atoms with Gasteiger partial charge in [0.1, 0.15) is 5.75 Å². The van der Waals surface area contributed by atoms with E-state index in [0.717, 1.165) is 0 Å². The van der Waals surface area contributed by atoms with Gasteiger partial charge in [-0.25, -0.2) is 0 Å². The van der Waals surface area contributed by atoms with Gasteiger partial charge in [-0.15, -0.1) is 0 Å². The minimum Gasteiger partial charge on any atom is -0.491 e. The molecule has 0 saturated carbocycles. The highest BCUT2D eigenvalue weighted by atomic mass is 79.9. The predicted molar refractivity (Wildman–Crippen MR) is 55.2 cm³/mol. The quantitative estimate of drug-likeness (QED) is 0.581. The van der Waals surface area contributed by atoms with Gasteiger partial charge in [0, 0.05) is 18.6 Å². The molecule has 78 valence electrons. The van der Waals surface area contributed by atoms with Crippen LogP contribution in [0.5, 0.6) is 5.75 Å². The van der Waals surface area contributed by atoms with Crippen molar-refractivity contribution in [3.63, 3.8) is 0 Å². The molecule has 0 aliphatic carbocycles. The minimum atomic E-state index is -0.535. The van der Waals surface area contributed by atoms with E-state index in [0.29, 0.717) is 16.8 Å². The number of nitrogens with zero attached hydrogens (tertiary/aromatic N) is 1. The third-order valence-electron chi connectivity index (χ3n) is 2.12. The van der Waals surface area contributed by atoms with Gasteiger partial charge in [0.25, 0.3) is 5.69 Å². The van der Waals surface area contributed by atoms with Gasteiger partial charge >= 0.3 is 0 Å². The van der Waals surface area contributed by atoms with Crippen LogP contribution in [0.15, 0.2) is 16.6 Å². The van der Waals surface area contributed by atoms with Crippen molar-refractivity contribution >= 4 is 27.4 Å². The highest BCUT2D eigenvalue weighted by Gasteiger charge is 2.24. The highest BCUT2D eigenvalue weighted by Crippen LogP contribution is 2.36. The van der Waals surface area contributed by atoms with Crippen molar-refractivity contribution in [2.24, 2.45) is 0 Å². The van der Waals surface area contributed by atoms with Crippen LogP contribution in [0.25, 0.3) is 0 Å². The van der Waals surface area contributed by atoms with Gasteiger partial charge in [0.05, 0.1) is 21.6 Å². The normalized spacial score (nSPS) is 14.3. The molecule has 1 heterocycles. The fraction of sp³-hybridized carbons (Fsp3) is 0.222. The summed E-state index contributed by atoms with van der Waals surface area (Å²) >= 11 is 3.15. The first-order chi connectivity index (χ1) is 7.09. The zero-order valence-electron chi connectivity index (χ0n) is 7.53. The molecule has 1 aromatic carbocycles. The second kappa shape index (κ2) is 3.62. The number of nitro benzene ring substituents is 1. The number of benzene rings is 1. The molecule has 1 aromatic rings. The molecular weight excluding hydrogens is 266 g/mol. The lowest BCUT2D eigenvalue weighted by molar-refractivity contribution is -0.385. The van der Waals surface area contributed by atoms with Crippen molar-refractivity contribution in [2.45, 2.75) is 6.42 Å². The Labute approximate surface area is 93.3 Å². The molecule has 1 aliphatic heterocycles. The van der Waals surface area contributed by atoms with Crippen LogP contribution in [0, 0.1) is 10.1 Å². The van der Waals surface area contributed by atoms with E-state index in [4.69, 9.17) is 4.74 Å². The molecule has 0 spiro atoms. The van der Waals surface area contributed by atoms with Crippen LogP contribution in [-0.2, 0) is 0 Å². The molecule has 5 nitrogen and oxygen atoms in total. The van der Waals surface area contributed by atoms with Gasteiger partial charge < -0.3 is 4.74 Å². The lowest BCUT2D eigenvalue weighted by atomic mass is 10.0. The van der Waals surface area contributed by atoms with Crippen LogP contribution in [0.1, 0.15) is 16.8 Å². The van der Waals surface area contributed by atoms with E-state index in [1.54, 1.807) is 0 Å². The SMILES string of the molecule is O=C1CCOc2c(Br)cc([N+](=O)[O-])cc21. The van der Waals surface area contributed by atoms with Crippen molar-refractivity contribution in [3.8, 4) is 5.75 Å². The van der Waals surface area contributed by atoms with Gasteiger partial charge in [-0.1, -0.05) is 0 Å². The lowest BCUT2D eigenvalue weighted by Gasteiger charge is -2.16. The summed E-state index contributed by atoms with van der Waals surface area (Å²) in [5, 5.41) is 10.6. The maximum atomic E-state index is 11.5. The summed E-state index contributed by atoms with van der Waals surface area (Å²) in [4.78, 5) is 21.5. The number of carbonyl (C=O) groups excluding carboxylic acids is 1. The maximum Gasteiger partial charge on any atom is 0.271 e. The number of fused-ring (bicyclic) bond motifs is 1. The van der Waals surface area contributed by atoms with E-state index in [9.17, 15) is 14.9 Å². The predicted octanol–water partition coefficient (Wildman–Crippen LogP) is 2.32. The van der Waals surface area contributed by atoms with Crippen LogP contribution in [0.3, 0.4) is 0 Å². The molecule has 15 heavy (non-hydrogen) atoms. The number of ketones is 1. The zero-order valence-corrected chi connectivity index (χ0v) is 9.11. The molecule has 0 bridgehead atoms. The molecule has 0 saturated heterocycles. The van der Waals surface area contributed by atoms with Crippen molar-refractivity contribution in [1.82, 2.24) is 0 Å². The lowest BCUT2D eigenvalue weighted by Crippen LogP contribution is -2.15. The maximum absolute atomic E-state index is 11.5. The first-order valence-electron chi connectivity index (χ1n) is 4.23. The Bertz CT molecular complexity index is 458. The number of rotatable bonds is 1. The summed E-state index contributed by atoms with van der Waals surface area (Å²) in [6, 6.07) is 2.58. The van der Waals surface area contributed by atoms with Crippen LogP contribution in [-0.4, -0.2) is 17.3 Å². The number of nitro groups is 1. The Balaban J connectivity index is 2.61. The monoisotopic (exact) mass is 271 g/mol. The first-order valence-corrected chi connectivity index (χ1v) is 5.03. The Morgan fingerprint density at radius 3 is 2.87 bits per heavy atom.